The molecule has 7 heteroatoms. The molecule has 1 aromatic heterocycles. The first-order valence-corrected chi connectivity index (χ1v) is 9.51. The smallest absolute Gasteiger partial charge is 0.226 e. The number of halogens is 1. The highest BCUT2D eigenvalue weighted by Crippen LogP contribution is 2.40. The van der Waals surface area contributed by atoms with Gasteiger partial charge in [-0.3, -0.25) is 4.79 Å². The van der Waals surface area contributed by atoms with Crippen LogP contribution >= 0.6 is 11.6 Å². The predicted molar refractivity (Wildman–Crippen MR) is 96.8 cm³/mol. The van der Waals surface area contributed by atoms with Gasteiger partial charge in [0.05, 0.1) is 18.8 Å². The molecular formula is C19H22ClN3O3. The number of nitrogens with zero attached hydrogens (tertiary/aromatic N) is 3. The molecule has 2 aliphatic rings. The Kier molecular flexibility index (Phi) is 4.96. The second kappa shape index (κ2) is 7.37. The summed E-state index contributed by atoms with van der Waals surface area (Å²) in [4.78, 5) is 19.1. The molecule has 1 aromatic carbocycles. The fraction of sp³-hybridized carbons (Fsp3) is 0.526. The molecule has 138 valence electrons. The van der Waals surface area contributed by atoms with E-state index < -0.39 is 0 Å². The van der Waals surface area contributed by atoms with Gasteiger partial charge >= 0.3 is 0 Å². The molecule has 1 aliphatic carbocycles. The predicted octanol–water partition coefficient (Wildman–Crippen LogP) is 3.49. The van der Waals surface area contributed by atoms with Gasteiger partial charge in [-0.25, -0.2) is 0 Å². The van der Waals surface area contributed by atoms with Crippen LogP contribution in [0.5, 0.6) is 0 Å². The third-order valence-electron chi connectivity index (χ3n) is 5.34. The van der Waals surface area contributed by atoms with E-state index in [0.717, 1.165) is 18.4 Å². The number of aromatic nitrogens is 2. The molecule has 4 rings (SSSR count). The summed E-state index contributed by atoms with van der Waals surface area (Å²) in [6, 6.07) is 7.31. The number of aryl methyl sites for hydroxylation is 1. The van der Waals surface area contributed by atoms with Crippen molar-refractivity contribution in [2.24, 2.45) is 0 Å². The van der Waals surface area contributed by atoms with Gasteiger partial charge in [-0.1, -0.05) is 16.8 Å². The lowest BCUT2D eigenvalue weighted by molar-refractivity contribution is -0.158. The van der Waals surface area contributed by atoms with Crippen LogP contribution in [0, 0.1) is 0 Å². The summed E-state index contributed by atoms with van der Waals surface area (Å²) in [6.45, 7) is 2.04. The average Bonchev–Trinajstić information content (AvgIpc) is 3.09. The average molecular weight is 376 g/mol. The van der Waals surface area contributed by atoms with Crippen molar-refractivity contribution >= 4 is 17.5 Å². The highest BCUT2D eigenvalue weighted by Gasteiger charge is 2.46. The number of benzene rings is 1. The van der Waals surface area contributed by atoms with E-state index in [0.29, 0.717) is 55.8 Å². The molecule has 0 N–H and O–H groups in total. The summed E-state index contributed by atoms with van der Waals surface area (Å²) in [5.74, 6) is 1.32. The van der Waals surface area contributed by atoms with Crippen molar-refractivity contribution in [2.75, 3.05) is 19.8 Å². The molecule has 2 heterocycles. The fourth-order valence-corrected chi connectivity index (χ4v) is 3.85. The first-order valence-electron chi connectivity index (χ1n) is 9.13. The molecule has 1 saturated heterocycles. The van der Waals surface area contributed by atoms with Gasteiger partial charge in [-0.15, -0.1) is 0 Å². The maximum absolute atomic E-state index is 12.6. The first-order chi connectivity index (χ1) is 12.7. The molecule has 0 radical (unpaired) electrons. The summed E-state index contributed by atoms with van der Waals surface area (Å²) < 4.78 is 10.9. The zero-order valence-electron chi connectivity index (χ0n) is 14.6. The minimum Gasteiger partial charge on any atom is -0.377 e. The first kappa shape index (κ1) is 17.5. The van der Waals surface area contributed by atoms with E-state index in [4.69, 9.17) is 20.9 Å². The van der Waals surface area contributed by atoms with Crippen LogP contribution in [0.25, 0.3) is 11.4 Å². The summed E-state index contributed by atoms with van der Waals surface area (Å²) in [5.41, 5.74) is 0.836. The molecule has 1 aliphatic heterocycles. The Hall–Kier alpha value is -1.92. The van der Waals surface area contributed by atoms with E-state index in [1.54, 1.807) is 12.1 Å². The van der Waals surface area contributed by atoms with E-state index in [-0.39, 0.29) is 11.4 Å². The highest BCUT2D eigenvalue weighted by atomic mass is 35.5. The van der Waals surface area contributed by atoms with Gasteiger partial charge in [-0.2, -0.15) is 4.98 Å². The molecule has 0 unspecified atom stereocenters. The van der Waals surface area contributed by atoms with E-state index in [2.05, 4.69) is 10.1 Å². The van der Waals surface area contributed by atoms with Gasteiger partial charge in [0.2, 0.25) is 17.6 Å². The Morgan fingerprint density at radius 3 is 2.81 bits per heavy atom. The second-order valence-corrected chi connectivity index (χ2v) is 7.48. The molecule has 0 atom stereocenters. The second-order valence-electron chi connectivity index (χ2n) is 7.05. The zero-order valence-corrected chi connectivity index (χ0v) is 15.4. The third kappa shape index (κ3) is 3.48. The van der Waals surface area contributed by atoms with E-state index in [1.807, 2.05) is 17.0 Å². The van der Waals surface area contributed by atoms with Crippen LogP contribution in [0.15, 0.2) is 28.8 Å². The number of hydrogen-bond donors (Lipinski definition) is 0. The number of amides is 1. The van der Waals surface area contributed by atoms with Gasteiger partial charge in [0.1, 0.15) is 0 Å². The van der Waals surface area contributed by atoms with Crippen LogP contribution in [-0.2, 0) is 16.0 Å². The molecule has 1 saturated carbocycles. The number of morpholine rings is 1. The number of rotatable bonds is 5. The lowest BCUT2D eigenvalue weighted by Crippen LogP contribution is -2.62. The normalized spacial score (nSPS) is 18.7. The number of carbonyl (C=O) groups is 1. The standard InChI is InChI=1S/C19H22ClN3O3/c20-15-7-5-14(6-8-15)18-21-16(26-22-18)3-1-4-17(24)23-11-12-25-13-19(23)9-2-10-19/h5-8H,1-4,9-13H2. The quantitative estimate of drug-likeness (QED) is 0.800. The van der Waals surface area contributed by atoms with Crippen LogP contribution < -0.4 is 0 Å². The summed E-state index contributed by atoms with van der Waals surface area (Å²) in [6.07, 6.45) is 5.11. The van der Waals surface area contributed by atoms with Gasteiger partial charge in [0, 0.05) is 30.0 Å². The van der Waals surface area contributed by atoms with Gasteiger partial charge in [0.15, 0.2) is 0 Å². The van der Waals surface area contributed by atoms with Crippen LogP contribution in [0.2, 0.25) is 5.02 Å². The lowest BCUT2D eigenvalue weighted by Gasteiger charge is -2.52. The van der Waals surface area contributed by atoms with E-state index in [1.165, 1.54) is 6.42 Å². The monoisotopic (exact) mass is 375 g/mol. The molecular weight excluding hydrogens is 354 g/mol. The molecule has 1 spiro atoms. The minimum absolute atomic E-state index is 0.0262. The van der Waals surface area contributed by atoms with Gasteiger partial charge in [0.25, 0.3) is 0 Å². The SMILES string of the molecule is O=C(CCCc1nc(-c2ccc(Cl)cc2)no1)N1CCOCC12CCC2. The van der Waals surface area contributed by atoms with Crippen molar-refractivity contribution in [3.63, 3.8) is 0 Å². The summed E-state index contributed by atoms with van der Waals surface area (Å²) >= 11 is 5.89. The maximum atomic E-state index is 12.6. The van der Waals surface area contributed by atoms with Crippen LogP contribution in [0.4, 0.5) is 0 Å². The number of ether oxygens (including phenoxy) is 1. The fourth-order valence-electron chi connectivity index (χ4n) is 3.72. The maximum Gasteiger partial charge on any atom is 0.226 e. The lowest BCUT2D eigenvalue weighted by atomic mass is 9.75. The van der Waals surface area contributed by atoms with Crippen molar-refractivity contribution in [2.45, 2.75) is 44.1 Å². The topological polar surface area (TPSA) is 68.5 Å². The van der Waals surface area contributed by atoms with Crippen molar-refractivity contribution in [3.8, 4) is 11.4 Å². The minimum atomic E-state index is -0.0262. The molecule has 2 fully saturated rings. The zero-order chi connectivity index (χ0) is 18.0. The Morgan fingerprint density at radius 1 is 1.27 bits per heavy atom. The Bertz CT molecular complexity index is 771. The van der Waals surface area contributed by atoms with E-state index in [9.17, 15) is 4.79 Å². The molecule has 6 nitrogen and oxygen atoms in total. The highest BCUT2D eigenvalue weighted by molar-refractivity contribution is 6.30. The molecule has 26 heavy (non-hydrogen) atoms. The number of hydrogen-bond acceptors (Lipinski definition) is 5. The molecule has 1 amide bonds. The Morgan fingerprint density at radius 2 is 2.08 bits per heavy atom. The summed E-state index contributed by atoms with van der Waals surface area (Å²) in [7, 11) is 0. The largest absolute Gasteiger partial charge is 0.377 e. The van der Waals surface area contributed by atoms with Crippen LogP contribution in [-0.4, -0.2) is 46.2 Å². The Balaban J connectivity index is 1.31. The van der Waals surface area contributed by atoms with Gasteiger partial charge < -0.3 is 14.2 Å². The molecule has 0 bridgehead atoms. The Labute approximate surface area is 157 Å². The number of carbonyl (C=O) groups excluding carboxylic acids is 1. The van der Waals surface area contributed by atoms with Crippen molar-refractivity contribution in [1.29, 1.82) is 0 Å². The van der Waals surface area contributed by atoms with Crippen molar-refractivity contribution in [1.82, 2.24) is 15.0 Å². The van der Waals surface area contributed by atoms with Crippen LogP contribution in [0.1, 0.15) is 38.0 Å². The van der Waals surface area contributed by atoms with Crippen molar-refractivity contribution in [3.05, 3.63) is 35.2 Å². The van der Waals surface area contributed by atoms with Gasteiger partial charge in [-0.05, 0) is 49.9 Å². The summed E-state index contributed by atoms with van der Waals surface area (Å²) in [5, 5.41) is 4.68. The van der Waals surface area contributed by atoms with Crippen molar-refractivity contribution < 1.29 is 14.1 Å². The molecule has 2 aromatic rings. The van der Waals surface area contributed by atoms with Crippen LogP contribution in [0.3, 0.4) is 0 Å². The third-order valence-corrected chi connectivity index (χ3v) is 5.59. The van der Waals surface area contributed by atoms with E-state index >= 15 is 0 Å².